The minimum Gasteiger partial charge on any atom is -0.478 e. The van der Waals surface area contributed by atoms with Gasteiger partial charge in [-0.25, -0.2) is 4.79 Å². The van der Waals surface area contributed by atoms with Crippen molar-refractivity contribution in [1.29, 1.82) is 0 Å². The molecular formula is C16H17NO2. The van der Waals surface area contributed by atoms with Crippen molar-refractivity contribution in [1.82, 2.24) is 4.98 Å². The molecule has 98 valence electrons. The van der Waals surface area contributed by atoms with Crippen LogP contribution in [0.4, 0.5) is 0 Å². The molecule has 1 N–H and O–H groups in total. The van der Waals surface area contributed by atoms with Gasteiger partial charge in [-0.05, 0) is 42.5 Å². The maximum Gasteiger partial charge on any atom is 0.336 e. The molecule has 0 spiro atoms. The lowest BCUT2D eigenvalue weighted by Crippen LogP contribution is -2.02. The molecule has 1 aromatic carbocycles. The predicted octanol–water partition coefficient (Wildman–Crippen LogP) is 3.93. The highest BCUT2D eigenvalue weighted by Gasteiger charge is 2.27. The van der Waals surface area contributed by atoms with E-state index in [9.17, 15) is 9.90 Å². The number of rotatable bonds is 3. The lowest BCUT2D eigenvalue weighted by molar-refractivity contribution is 0.0699. The molecular weight excluding hydrogens is 238 g/mol. The third kappa shape index (κ3) is 2.21. The zero-order chi connectivity index (χ0) is 13.6. The summed E-state index contributed by atoms with van der Waals surface area (Å²) >= 11 is 0. The molecule has 3 rings (SSSR count). The number of aromatic carboxylic acids is 1. The molecule has 1 aromatic heterocycles. The summed E-state index contributed by atoms with van der Waals surface area (Å²) in [6.45, 7) is 4.21. The number of nitrogens with zero attached hydrogens (tertiary/aromatic N) is 1. The van der Waals surface area contributed by atoms with Gasteiger partial charge in [0.25, 0.3) is 0 Å². The van der Waals surface area contributed by atoms with Crippen LogP contribution in [0.5, 0.6) is 0 Å². The van der Waals surface area contributed by atoms with Gasteiger partial charge in [0.15, 0.2) is 0 Å². The van der Waals surface area contributed by atoms with E-state index >= 15 is 0 Å². The van der Waals surface area contributed by atoms with Crippen molar-refractivity contribution in [3.8, 4) is 0 Å². The van der Waals surface area contributed by atoms with Crippen LogP contribution in [0.2, 0.25) is 0 Å². The molecule has 3 nitrogen and oxygen atoms in total. The molecule has 0 atom stereocenters. The average molecular weight is 255 g/mol. The van der Waals surface area contributed by atoms with Gasteiger partial charge in [-0.1, -0.05) is 19.9 Å². The van der Waals surface area contributed by atoms with Crippen LogP contribution in [-0.2, 0) is 0 Å². The van der Waals surface area contributed by atoms with Crippen LogP contribution in [0.1, 0.15) is 60.1 Å². The normalized spacial score (nSPS) is 15.1. The van der Waals surface area contributed by atoms with Gasteiger partial charge in [-0.3, -0.25) is 4.98 Å². The van der Waals surface area contributed by atoms with Gasteiger partial charge in [0, 0.05) is 17.0 Å². The second kappa shape index (κ2) is 4.34. The zero-order valence-electron chi connectivity index (χ0n) is 11.2. The van der Waals surface area contributed by atoms with Crippen LogP contribution in [0.15, 0.2) is 24.3 Å². The van der Waals surface area contributed by atoms with Crippen LogP contribution in [0.25, 0.3) is 10.9 Å². The first-order valence-electron chi connectivity index (χ1n) is 6.74. The Morgan fingerprint density at radius 1 is 1.32 bits per heavy atom. The smallest absolute Gasteiger partial charge is 0.336 e. The summed E-state index contributed by atoms with van der Waals surface area (Å²) in [5.41, 5.74) is 3.26. The minimum atomic E-state index is -0.866. The summed E-state index contributed by atoms with van der Waals surface area (Å²) < 4.78 is 0. The number of aromatic nitrogens is 1. The van der Waals surface area contributed by atoms with E-state index in [0.717, 1.165) is 35.0 Å². The number of carboxylic acid groups (broad SMARTS) is 1. The molecule has 19 heavy (non-hydrogen) atoms. The van der Waals surface area contributed by atoms with Crippen LogP contribution in [0, 0.1) is 0 Å². The third-order valence-corrected chi connectivity index (χ3v) is 3.75. The van der Waals surface area contributed by atoms with E-state index in [1.165, 1.54) is 0 Å². The summed E-state index contributed by atoms with van der Waals surface area (Å²) in [5.74, 6) is -0.0170. The van der Waals surface area contributed by atoms with Gasteiger partial charge in [0.2, 0.25) is 0 Å². The number of hydrogen-bond acceptors (Lipinski definition) is 2. The molecule has 0 bridgehead atoms. The summed E-state index contributed by atoms with van der Waals surface area (Å²) in [6, 6.07) is 7.71. The number of pyridine rings is 1. The Kier molecular flexibility index (Phi) is 2.77. The third-order valence-electron chi connectivity index (χ3n) is 3.75. The second-order valence-corrected chi connectivity index (χ2v) is 5.61. The van der Waals surface area contributed by atoms with Crippen molar-refractivity contribution in [2.45, 2.75) is 38.5 Å². The summed E-state index contributed by atoms with van der Waals surface area (Å²) in [5, 5.41) is 10.2. The first-order valence-corrected chi connectivity index (χ1v) is 6.74. The molecule has 1 aliphatic carbocycles. The van der Waals surface area contributed by atoms with E-state index in [1.807, 2.05) is 18.2 Å². The number of hydrogen-bond donors (Lipinski definition) is 1. The van der Waals surface area contributed by atoms with E-state index in [2.05, 4.69) is 18.8 Å². The molecule has 0 amide bonds. The second-order valence-electron chi connectivity index (χ2n) is 5.61. The summed E-state index contributed by atoms with van der Waals surface area (Å²) in [4.78, 5) is 16.1. The molecule has 0 aliphatic heterocycles. The fourth-order valence-electron chi connectivity index (χ4n) is 2.39. The Balaban J connectivity index is 2.24. The predicted molar refractivity (Wildman–Crippen MR) is 74.8 cm³/mol. The van der Waals surface area contributed by atoms with Gasteiger partial charge >= 0.3 is 5.97 Å². The first-order chi connectivity index (χ1) is 9.06. The Morgan fingerprint density at radius 3 is 2.63 bits per heavy atom. The molecule has 2 aromatic rings. The quantitative estimate of drug-likeness (QED) is 0.903. The molecule has 1 heterocycles. The number of carbonyl (C=O) groups is 1. The van der Waals surface area contributed by atoms with E-state index in [1.54, 1.807) is 6.07 Å². The monoisotopic (exact) mass is 255 g/mol. The number of benzene rings is 1. The minimum absolute atomic E-state index is 0.383. The number of carboxylic acids is 1. The van der Waals surface area contributed by atoms with Gasteiger partial charge in [0.1, 0.15) is 0 Å². The van der Waals surface area contributed by atoms with Gasteiger partial charge in [-0.15, -0.1) is 0 Å². The number of fused-ring (bicyclic) bond motifs is 1. The fourth-order valence-corrected chi connectivity index (χ4v) is 2.39. The summed E-state index contributed by atoms with van der Waals surface area (Å²) in [7, 11) is 0. The van der Waals surface area contributed by atoms with Gasteiger partial charge < -0.3 is 5.11 Å². The molecule has 1 aliphatic rings. The highest BCUT2D eigenvalue weighted by Crippen LogP contribution is 2.40. The lowest BCUT2D eigenvalue weighted by Gasteiger charge is -2.10. The molecule has 0 radical (unpaired) electrons. The highest BCUT2D eigenvalue weighted by atomic mass is 16.4. The van der Waals surface area contributed by atoms with Gasteiger partial charge in [-0.2, -0.15) is 0 Å². The van der Waals surface area contributed by atoms with Crippen molar-refractivity contribution in [3.05, 3.63) is 41.1 Å². The van der Waals surface area contributed by atoms with E-state index in [-0.39, 0.29) is 0 Å². The maximum atomic E-state index is 11.5. The van der Waals surface area contributed by atoms with Crippen LogP contribution < -0.4 is 0 Å². The Hall–Kier alpha value is -1.90. The van der Waals surface area contributed by atoms with Crippen molar-refractivity contribution in [2.24, 2.45) is 0 Å². The average Bonchev–Trinajstić information content (AvgIpc) is 3.20. The topological polar surface area (TPSA) is 50.2 Å². The van der Waals surface area contributed by atoms with Crippen molar-refractivity contribution in [2.75, 3.05) is 0 Å². The molecule has 0 unspecified atom stereocenters. The fraction of sp³-hybridized carbons (Fsp3) is 0.375. The SMILES string of the molecule is CC(C)c1ccc2nc(C3CC3)cc(C(=O)O)c2c1. The lowest BCUT2D eigenvalue weighted by atomic mass is 9.98. The molecule has 1 saturated carbocycles. The Bertz CT molecular complexity index is 657. The van der Waals surface area contributed by atoms with Gasteiger partial charge in [0.05, 0.1) is 11.1 Å². The van der Waals surface area contributed by atoms with Crippen LogP contribution in [-0.4, -0.2) is 16.1 Å². The van der Waals surface area contributed by atoms with Crippen molar-refractivity contribution in [3.63, 3.8) is 0 Å². The largest absolute Gasteiger partial charge is 0.478 e. The van der Waals surface area contributed by atoms with E-state index in [4.69, 9.17) is 0 Å². The Labute approximate surface area is 112 Å². The first kappa shape index (κ1) is 12.2. The van der Waals surface area contributed by atoms with Crippen LogP contribution in [0.3, 0.4) is 0 Å². The van der Waals surface area contributed by atoms with Crippen molar-refractivity contribution >= 4 is 16.9 Å². The molecule has 0 saturated heterocycles. The highest BCUT2D eigenvalue weighted by molar-refractivity contribution is 6.02. The molecule has 3 heteroatoms. The van der Waals surface area contributed by atoms with Crippen LogP contribution >= 0.6 is 0 Å². The maximum absolute atomic E-state index is 11.5. The van der Waals surface area contributed by atoms with E-state index < -0.39 is 5.97 Å². The standard InChI is InChI=1S/C16H17NO2/c1-9(2)11-5-6-14-12(7-11)13(16(18)19)8-15(17-14)10-3-4-10/h5-10H,3-4H2,1-2H3,(H,18,19). The van der Waals surface area contributed by atoms with E-state index in [0.29, 0.717) is 17.4 Å². The summed E-state index contributed by atoms with van der Waals surface area (Å²) in [6.07, 6.45) is 2.25. The Morgan fingerprint density at radius 2 is 2.05 bits per heavy atom. The van der Waals surface area contributed by atoms with Crippen molar-refractivity contribution < 1.29 is 9.90 Å². The molecule has 1 fully saturated rings. The zero-order valence-corrected chi connectivity index (χ0v) is 11.2.